The van der Waals surface area contributed by atoms with E-state index in [4.69, 9.17) is 0 Å². The molecule has 26 heavy (non-hydrogen) atoms. The number of hydrogen-bond acceptors (Lipinski definition) is 6. The van der Waals surface area contributed by atoms with Crippen LogP contribution in [0, 0.1) is 6.92 Å². The van der Waals surface area contributed by atoms with Crippen LogP contribution in [0.2, 0.25) is 0 Å². The molecule has 10 heteroatoms. The van der Waals surface area contributed by atoms with Crippen molar-refractivity contribution in [2.75, 3.05) is 18.4 Å². The summed E-state index contributed by atoms with van der Waals surface area (Å²) in [4.78, 5) is 29.3. The highest BCUT2D eigenvalue weighted by Crippen LogP contribution is 2.28. The second-order valence-electron chi connectivity index (χ2n) is 6.04. The van der Waals surface area contributed by atoms with Crippen LogP contribution in [0.25, 0.3) is 0 Å². The van der Waals surface area contributed by atoms with Gasteiger partial charge in [0.2, 0.25) is 0 Å². The van der Waals surface area contributed by atoms with Crippen LogP contribution in [-0.4, -0.2) is 49.9 Å². The number of hydrogen-bond donors (Lipinski definition) is 1. The molecule has 0 radical (unpaired) electrons. The summed E-state index contributed by atoms with van der Waals surface area (Å²) in [6.07, 6.45) is 0.549. The highest BCUT2D eigenvalue weighted by molar-refractivity contribution is 5.92. The van der Waals surface area contributed by atoms with Gasteiger partial charge in [-0.3, -0.25) is 9.78 Å². The van der Waals surface area contributed by atoms with Gasteiger partial charge in [-0.15, -0.1) is 0 Å². The molecule has 0 unspecified atom stereocenters. The molecule has 0 saturated carbocycles. The van der Waals surface area contributed by atoms with Crippen LogP contribution < -0.4 is 5.32 Å². The van der Waals surface area contributed by atoms with E-state index in [0.717, 1.165) is 18.1 Å². The van der Waals surface area contributed by atoms with Gasteiger partial charge < -0.3 is 10.2 Å². The second kappa shape index (κ2) is 7.22. The average Bonchev–Trinajstić information content (AvgIpc) is 2.62. The predicted octanol–water partition coefficient (Wildman–Crippen LogP) is 2.31. The molecule has 3 rings (SSSR count). The van der Waals surface area contributed by atoms with E-state index in [1.165, 1.54) is 12.4 Å². The molecule has 0 atom stereocenters. The highest BCUT2D eigenvalue weighted by atomic mass is 19.4. The number of nitrogens with one attached hydrogen (secondary N) is 1. The standard InChI is InChI=1S/C16H17F3N6O/c1-10-7-21-12(8-20-10)15(26)25-4-2-11(3-5-25)24-14-6-13(16(17,18)19)22-9-23-14/h6-9,11H,2-5H2,1H3,(H,22,23,24). The van der Waals surface area contributed by atoms with E-state index < -0.39 is 11.9 Å². The fourth-order valence-corrected chi connectivity index (χ4v) is 2.69. The number of carbonyl (C=O) groups is 1. The maximum atomic E-state index is 12.7. The van der Waals surface area contributed by atoms with Crippen molar-refractivity contribution < 1.29 is 18.0 Å². The Morgan fingerprint density at radius 1 is 1.15 bits per heavy atom. The van der Waals surface area contributed by atoms with Crippen molar-refractivity contribution in [3.05, 3.63) is 41.9 Å². The predicted molar refractivity (Wildman–Crippen MR) is 86.4 cm³/mol. The fourth-order valence-electron chi connectivity index (χ4n) is 2.69. The number of likely N-dealkylation sites (tertiary alicyclic amines) is 1. The Balaban J connectivity index is 1.57. The first-order chi connectivity index (χ1) is 12.3. The normalized spacial score (nSPS) is 15.8. The molecule has 0 bridgehead atoms. The number of halogens is 3. The summed E-state index contributed by atoms with van der Waals surface area (Å²) in [6.45, 7) is 2.74. The third-order valence-electron chi connectivity index (χ3n) is 4.09. The Labute approximate surface area is 147 Å². The topological polar surface area (TPSA) is 83.9 Å². The maximum absolute atomic E-state index is 12.7. The lowest BCUT2D eigenvalue weighted by atomic mass is 10.0. The Kier molecular flexibility index (Phi) is 5.01. The minimum Gasteiger partial charge on any atom is -0.367 e. The fraction of sp³-hybridized carbons (Fsp3) is 0.438. The Bertz CT molecular complexity index is 772. The molecular weight excluding hydrogens is 349 g/mol. The van der Waals surface area contributed by atoms with Crippen LogP contribution in [0.3, 0.4) is 0 Å². The van der Waals surface area contributed by atoms with Crippen LogP contribution in [0.15, 0.2) is 24.8 Å². The van der Waals surface area contributed by atoms with Crippen molar-refractivity contribution in [1.29, 1.82) is 0 Å². The SMILES string of the molecule is Cc1cnc(C(=O)N2CCC(Nc3cc(C(F)(F)F)ncn3)CC2)cn1. The van der Waals surface area contributed by atoms with Crippen molar-refractivity contribution in [2.45, 2.75) is 32.0 Å². The van der Waals surface area contributed by atoms with Gasteiger partial charge in [0.1, 0.15) is 23.5 Å². The third kappa shape index (κ3) is 4.24. The number of alkyl halides is 3. The maximum Gasteiger partial charge on any atom is 0.433 e. The summed E-state index contributed by atoms with van der Waals surface area (Å²) in [5.74, 6) is -0.0705. The molecule has 1 aliphatic heterocycles. The molecule has 1 aliphatic rings. The number of nitrogens with zero attached hydrogens (tertiary/aromatic N) is 5. The van der Waals surface area contributed by atoms with Gasteiger partial charge in [-0.25, -0.2) is 15.0 Å². The zero-order valence-electron chi connectivity index (χ0n) is 14.0. The summed E-state index contributed by atoms with van der Waals surface area (Å²) in [7, 11) is 0. The van der Waals surface area contributed by atoms with Gasteiger partial charge in [0.05, 0.1) is 11.9 Å². The van der Waals surface area contributed by atoms with E-state index in [1.807, 2.05) is 0 Å². The molecule has 7 nitrogen and oxygen atoms in total. The lowest BCUT2D eigenvalue weighted by molar-refractivity contribution is -0.141. The van der Waals surface area contributed by atoms with E-state index in [2.05, 4.69) is 25.3 Å². The molecule has 0 spiro atoms. The van der Waals surface area contributed by atoms with Gasteiger partial charge in [0, 0.05) is 31.4 Å². The summed E-state index contributed by atoms with van der Waals surface area (Å²) < 4.78 is 38.1. The number of aryl methyl sites for hydroxylation is 1. The van der Waals surface area contributed by atoms with E-state index >= 15 is 0 Å². The summed E-state index contributed by atoms with van der Waals surface area (Å²) in [6, 6.07) is 0.818. The van der Waals surface area contributed by atoms with Crippen molar-refractivity contribution in [3.8, 4) is 0 Å². The lowest BCUT2D eigenvalue weighted by Gasteiger charge is -2.32. The third-order valence-corrected chi connectivity index (χ3v) is 4.09. The molecule has 1 saturated heterocycles. The van der Waals surface area contributed by atoms with Gasteiger partial charge in [-0.2, -0.15) is 13.2 Å². The highest BCUT2D eigenvalue weighted by Gasteiger charge is 2.33. The van der Waals surface area contributed by atoms with Gasteiger partial charge in [-0.1, -0.05) is 0 Å². The number of carbonyl (C=O) groups excluding carboxylic acids is 1. The smallest absolute Gasteiger partial charge is 0.367 e. The molecule has 1 amide bonds. The van der Waals surface area contributed by atoms with E-state index in [9.17, 15) is 18.0 Å². The van der Waals surface area contributed by atoms with Crippen LogP contribution in [0.4, 0.5) is 19.0 Å². The van der Waals surface area contributed by atoms with Gasteiger partial charge in [0.15, 0.2) is 0 Å². The first kappa shape index (κ1) is 18.0. The molecule has 1 N–H and O–H groups in total. The second-order valence-corrected chi connectivity index (χ2v) is 6.04. The van der Waals surface area contributed by atoms with Crippen LogP contribution >= 0.6 is 0 Å². The minimum atomic E-state index is -4.51. The summed E-state index contributed by atoms with van der Waals surface area (Å²) in [5, 5.41) is 2.98. The molecule has 138 valence electrons. The minimum absolute atomic E-state index is 0.0702. The van der Waals surface area contributed by atoms with E-state index in [1.54, 1.807) is 11.8 Å². The molecule has 2 aromatic heterocycles. The van der Waals surface area contributed by atoms with Crippen molar-refractivity contribution >= 4 is 11.7 Å². The van der Waals surface area contributed by atoms with E-state index in [0.29, 0.717) is 25.9 Å². The van der Waals surface area contributed by atoms with Gasteiger partial charge in [-0.05, 0) is 19.8 Å². The van der Waals surface area contributed by atoms with Crippen molar-refractivity contribution in [3.63, 3.8) is 0 Å². The van der Waals surface area contributed by atoms with Crippen LogP contribution in [-0.2, 0) is 6.18 Å². The van der Waals surface area contributed by atoms with Gasteiger partial charge in [0.25, 0.3) is 5.91 Å². The Morgan fingerprint density at radius 2 is 1.88 bits per heavy atom. The molecular formula is C16H17F3N6O. The zero-order valence-corrected chi connectivity index (χ0v) is 14.0. The summed E-state index contributed by atoms with van der Waals surface area (Å²) in [5.41, 5.74) is 0.0284. The zero-order chi connectivity index (χ0) is 18.7. The summed E-state index contributed by atoms with van der Waals surface area (Å²) >= 11 is 0. The molecule has 0 aliphatic carbocycles. The number of aromatic nitrogens is 4. The lowest BCUT2D eigenvalue weighted by Crippen LogP contribution is -2.42. The largest absolute Gasteiger partial charge is 0.433 e. The van der Waals surface area contributed by atoms with Crippen molar-refractivity contribution in [2.24, 2.45) is 0 Å². The first-order valence-corrected chi connectivity index (χ1v) is 8.06. The Morgan fingerprint density at radius 3 is 2.50 bits per heavy atom. The number of rotatable bonds is 3. The van der Waals surface area contributed by atoms with E-state index in [-0.39, 0.29) is 23.5 Å². The molecule has 0 aromatic carbocycles. The molecule has 3 heterocycles. The monoisotopic (exact) mass is 366 g/mol. The van der Waals surface area contributed by atoms with Crippen molar-refractivity contribution in [1.82, 2.24) is 24.8 Å². The molecule has 1 fully saturated rings. The quantitative estimate of drug-likeness (QED) is 0.898. The van der Waals surface area contributed by atoms with Crippen LogP contribution in [0.1, 0.15) is 34.7 Å². The van der Waals surface area contributed by atoms with Gasteiger partial charge >= 0.3 is 6.18 Å². The number of piperidine rings is 1. The first-order valence-electron chi connectivity index (χ1n) is 8.06. The number of amides is 1. The molecule has 2 aromatic rings. The Hall–Kier alpha value is -2.78. The number of anilines is 1. The van der Waals surface area contributed by atoms with Crippen LogP contribution in [0.5, 0.6) is 0 Å². The average molecular weight is 366 g/mol.